The van der Waals surface area contributed by atoms with Crippen molar-refractivity contribution >= 4 is 11.3 Å². The molecular weight excluding hydrogens is 374 g/mol. The van der Waals surface area contributed by atoms with Crippen LogP contribution < -0.4 is 9.47 Å². The van der Waals surface area contributed by atoms with Gasteiger partial charge in [-0.25, -0.2) is 9.97 Å². The van der Waals surface area contributed by atoms with Gasteiger partial charge in [0.25, 0.3) is 0 Å². The lowest BCUT2D eigenvalue weighted by Gasteiger charge is -2.06. The van der Waals surface area contributed by atoms with Crippen LogP contribution in [0.4, 0.5) is 0 Å². The molecule has 1 aromatic carbocycles. The molecule has 0 atom stereocenters. The Morgan fingerprint density at radius 2 is 2.04 bits per heavy atom. The largest absolute Gasteiger partial charge is 0.487 e. The number of methoxy groups -OCH3 is 1. The van der Waals surface area contributed by atoms with Crippen LogP contribution in [0.15, 0.2) is 65.8 Å². The van der Waals surface area contributed by atoms with E-state index in [2.05, 4.69) is 26.7 Å². The molecule has 3 heterocycles. The second-order valence-electron chi connectivity index (χ2n) is 6.30. The Hall–Kier alpha value is -3.06. The van der Waals surface area contributed by atoms with Crippen molar-refractivity contribution in [1.82, 2.24) is 14.5 Å². The second-order valence-corrected chi connectivity index (χ2v) is 7.35. The average molecular weight is 395 g/mol. The molecule has 3 aromatic heterocycles. The van der Waals surface area contributed by atoms with Gasteiger partial charge in [-0.05, 0) is 42.7 Å². The highest BCUT2D eigenvalue weighted by molar-refractivity contribution is 7.17. The van der Waals surface area contributed by atoms with Gasteiger partial charge in [0.1, 0.15) is 24.3 Å². The summed E-state index contributed by atoms with van der Waals surface area (Å²) >= 11 is 1.50. The summed E-state index contributed by atoms with van der Waals surface area (Å²) in [5.41, 5.74) is 2.05. The zero-order valence-electron chi connectivity index (χ0n) is 15.6. The second kappa shape index (κ2) is 8.75. The van der Waals surface area contributed by atoms with Crippen molar-refractivity contribution in [1.29, 1.82) is 0 Å². The number of rotatable bonds is 9. The molecule has 0 saturated carbocycles. The monoisotopic (exact) mass is 395 g/mol. The van der Waals surface area contributed by atoms with Gasteiger partial charge in [-0.2, -0.15) is 0 Å². The van der Waals surface area contributed by atoms with Crippen LogP contribution in [-0.2, 0) is 19.6 Å². The van der Waals surface area contributed by atoms with E-state index >= 15 is 0 Å². The van der Waals surface area contributed by atoms with Crippen molar-refractivity contribution in [3.8, 4) is 21.6 Å². The van der Waals surface area contributed by atoms with E-state index < -0.39 is 0 Å². The Labute approximate surface area is 167 Å². The first-order valence-electron chi connectivity index (χ1n) is 9.06. The quantitative estimate of drug-likeness (QED) is 0.407. The summed E-state index contributed by atoms with van der Waals surface area (Å²) in [6.07, 6.45) is 9.37. The van der Waals surface area contributed by atoms with E-state index in [4.69, 9.17) is 13.9 Å². The fourth-order valence-electron chi connectivity index (χ4n) is 2.83. The zero-order chi connectivity index (χ0) is 19.2. The first-order valence-corrected chi connectivity index (χ1v) is 9.88. The van der Waals surface area contributed by atoms with Gasteiger partial charge < -0.3 is 18.5 Å². The number of aryl methyl sites for hydroxylation is 2. The number of benzene rings is 1. The van der Waals surface area contributed by atoms with E-state index in [0.717, 1.165) is 40.8 Å². The van der Waals surface area contributed by atoms with Gasteiger partial charge in [0, 0.05) is 18.9 Å². The fourth-order valence-corrected chi connectivity index (χ4v) is 3.58. The highest BCUT2D eigenvalue weighted by Gasteiger charge is 2.10. The van der Waals surface area contributed by atoms with Crippen LogP contribution in [0.25, 0.3) is 10.8 Å². The molecule has 0 N–H and O–H groups in total. The number of hydrogen-bond donors (Lipinski definition) is 0. The zero-order valence-corrected chi connectivity index (χ0v) is 16.4. The van der Waals surface area contributed by atoms with Gasteiger partial charge in [-0.1, -0.05) is 23.5 Å². The topological polar surface area (TPSA) is 62.3 Å². The first kappa shape index (κ1) is 18.3. The molecule has 6 nitrogen and oxygen atoms in total. The summed E-state index contributed by atoms with van der Waals surface area (Å²) in [6.45, 7) is 1.34. The maximum Gasteiger partial charge on any atom is 0.236 e. The van der Waals surface area contributed by atoms with E-state index in [9.17, 15) is 0 Å². The summed E-state index contributed by atoms with van der Waals surface area (Å²) < 4.78 is 18.7. The number of thiophene rings is 1. The highest BCUT2D eigenvalue weighted by atomic mass is 32.1. The molecule has 4 rings (SSSR count). The Balaban J connectivity index is 1.26. The number of imidazole rings is 1. The van der Waals surface area contributed by atoms with Crippen LogP contribution in [-0.4, -0.2) is 21.6 Å². The molecule has 0 aliphatic heterocycles. The summed E-state index contributed by atoms with van der Waals surface area (Å²) in [5.74, 6) is 1.40. The Morgan fingerprint density at radius 3 is 2.79 bits per heavy atom. The minimum atomic E-state index is 0.367. The van der Waals surface area contributed by atoms with Gasteiger partial charge in [-0.15, -0.1) is 0 Å². The predicted molar refractivity (Wildman–Crippen MR) is 108 cm³/mol. The molecule has 0 unspecified atom stereocenters. The molecule has 4 aromatic rings. The van der Waals surface area contributed by atoms with Crippen LogP contribution >= 0.6 is 11.3 Å². The molecule has 0 bridgehead atoms. The van der Waals surface area contributed by atoms with Crippen molar-refractivity contribution in [2.45, 2.75) is 26.0 Å². The Bertz CT molecular complexity index is 990. The third-order valence-electron chi connectivity index (χ3n) is 4.30. The third-order valence-corrected chi connectivity index (χ3v) is 5.33. The minimum Gasteiger partial charge on any atom is -0.487 e. The Morgan fingerprint density at radius 1 is 1.14 bits per heavy atom. The average Bonchev–Trinajstić information content (AvgIpc) is 3.48. The smallest absolute Gasteiger partial charge is 0.236 e. The molecule has 28 heavy (non-hydrogen) atoms. The standard InChI is InChI=1S/C21H21N3O3S/c1-25-20-9-8-19(28-20)21-23-17(14-27-21)13-26-18-6-4-16(5-7-18)3-2-11-24-12-10-22-15-24/h4-10,12,14-15H,2-3,11,13H2,1H3. The van der Waals surface area contributed by atoms with Crippen molar-refractivity contribution in [3.63, 3.8) is 0 Å². The molecule has 0 saturated heterocycles. The predicted octanol–water partition coefficient (Wildman–Crippen LogP) is 4.82. The molecule has 0 spiro atoms. The summed E-state index contributed by atoms with van der Waals surface area (Å²) in [5, 5.41) is 0.830. The maximum atomic E-state index is 5.83. The van der Waals surface area contributed by atoms with Gasteiger partial charge in [-0.3, -0.25) is 0 Å². The van der Waals surface area contributed by atoms with E-state index in [0.29, 0.717) is 12.5 Å². The fraction of sp³-hybridized carbons (Fsp3) is 0.238. The number of oxazole rings is 1. The lowest BCUT2D eigenvalue weighted by atomic mass is 10.1. The van der Waals surface area contributed by atoms with Crippen LogP contribution in [0.3, 0.4) is 0 Å². The maximum absolute atomic E-state index is 5.83. The SMILES string of the molecule is COc1ccc(-c2nc(COc3ccc(CCCn4ccnc4)cc3)co2)s1. The van der Waals surface area contributed by atoms with Crippen LogP contribution in [0.1, 0.15) is 17.7 Å². The summed E-state index contributed by atoms with van der Waals surface area (Å²) in [7, 11) is 1.65. The number of ether oxygens (including phenoxy) is 2. The van der Waals surface area contributed by atoms with E-state index in [1.54, 1.807) is 19.6 Å². The summed E-state index contributed by atoms with van der Waals surface area (Å²) in [6, 6.07) is 12.0. The minimum absolute atomic E-state index is 0.367. The van der Waals surface area contributed by atoms with Crippen LogP contribution in [0.2, 0.25) is 0 Å². The van der Waals surface area contributed by atoms with Crippen molar-refractivity contribution in [2.24, 2.45) is 0 Å². The van der Waals surface area contributed by atoms with Gasteiger partial charge in [0.2, 0.25) is 5.89 Å². The molecule has 0 aliphatic carbocycles. The molecule has 0 fully saturated rings. The van der Waals surface area contributed by atoms with E-state index in [-0.39, 0.29) is 0 Å². The highest BCUT2D eigenvalue weighted by Crippen LogP contribution is 2.32. The molecule has 0 amide bonds. The van der Waals surface area contributed by atoms with Gasteiger partial charge >= 0.3 is 0 Å². The molecular formula is C21H21N3O3S. The van der Waals surface area contributed by atoms with Crippen molar-refractivity contribution < 1.29 is 13.9 Å². The summed E-state index contributed by atoms with van der Waals surface area (Å²) in [4.78, 5) is 9.47. The lowest BCUT2D eigenvalue weighted by molar-refractivity contribution is 0.301. The van der Waals surface area contributed by atoms with E-state index in [1.165, 1.54) is 16.9 Å². The van der Waals surface area contributed by atoms with Crippen LogP contribution in [0.5, 0.6) is 10.8 Å². The van der Waals surface area contributed by atoms with Gasteiger partial charge in [0.15, 0.2) is 5.06 Å². The molecule has 7 heteroatoms. The number of hydrogen-bond acceptors (Lipinski definition) is 6. The first-order chi connectivity index (χ1) is 13.8. The Kier molecular flexibility index (Phi) is 5.72. The van der Waals surface area contributed by atoms with E-state index in [1.807, 2.05) is 36.8 Å². The third kappa shape index (κ3) is 4.61. The molecule has 0 aliphatic rings. The lowest BCUT2D eigenvalue weighted by Crippen LogP contribution is -1.98. The molecule has 0 radical (unpaired) electrons. The van der Waals surface area contributed by atoms with Crippen molar-refractivity contribution in [3.05, 3.63) is 72.6 Å². The van der Waals surface area contributed by atoms with Crippen LogP contribution in [0, 0.1) is 0 Å². The van der Waals surface area contributed by atoms with Crippen molar-refractivity contribution in [2.75, 3.05) is 7.11 Å². The number of aromatic nitrogens is 3. The van der Waals surface area contributed by atoms with Gasteiger partial charge in [0.05, 0.1) is 18.3 Å². The normalized spacial score (nSPS) is 10.9. The number of nitrogens with zero attached hydrogens (tertiary/aromatic N) is 3. The molecule has 144 valence electrons.